The Morgan fingerprint density at radius 1 is 1.72 bits per heavy atom. The molecule has 1 aromatic heterocycles. The van der Waals surface area contributed by atoms with Gasteiger partial charge in [0.25, 0.3) is 5.91 Å². The number of amides is 1. The predicted molar refractivity (Wildman–Crippen MR) is 71.8 cm³/mol. The third-order valence-corrected chi connectivity index (χ3v) is 3.99. The molecule has 1 saturated carbocycles. The van der Waals surface area contributed by atoms with Crippen molar-refractivity contribution in [2.45, 2.75) is 31.8 Å². The summed E-state index contributed by atoms with van der Waals surface area (Å²) in [5, 5.41) is 13.0. The maximum absolute atomic E-state index is 12.2. The number of nitrogen functional groups attached to an aromatic ring is 1. The molecule has 18 heavy (non-hydrogen) atoms. The molecular weight excluding hydrogens is 252 g/mol. The Morgan fingerprint density at radius 3 is 2.94 bits per heavy atom. The Hall–Kier alpha value is -1.34. The molecule has 4 N–H and O–H groups in total. The van der Waals surface area contributed by atoms with Gasteiger partial charge in [-0.3, -0.25) is 4.79 Å². The average Bonchev–Trinajstić information content (AvgIpc) is 3.09. The Kier molecular flexibility index (Phi) is 3.72. The summed E-state index contributed by atoms with van der Waals surface area (Å²) in [7, 11) is 1.65. The number of rotatable bonds is 5. The van der Waals surface area contributed by atoms with Crippen LogP contribution in [0.4, 0.5) is 10.9 Å². The van der Waals surface area contributed by atoms with E-state index in [9.17, 15) is 4.79 Å². The number of hydrogen-bond acceptors (Lipinski definition) is 6. The molecule has 1 aromatic rings. The van der Waals surface area contributed by atoms with Gasteiger partial charge >= 0.3 is 0 Å². The molecule has 0 aliphatic heterocycles. The zero-order chi connectivity index (χ0) is 13.3. The fraction of sp³-hybridized carbons (Fsp3) is 0.636. The molecule has 0 spiro atoms. The van der Waals surface area contributed by atoms with E-state index in [1.54, 1.807) is 14.0 Å². The fourth-order valence-corrected chi connectivity index (χ4v) is 2.38. The minimum Gasteiger partial charge on any atom is -0.394 e. The topological polar surface area (TPSA) is 91.5 Å². The summed E-state index contributed by atoms with van der Waals surface area (Å²) in [6, 6.07) is 0.242. The number of hydrogen-bond donors (Lipinski definition) is 3. The minimum atomic E-state index is -0.237. The smallest absolute Gasteiger partial charge is 0.267 e. The summed E-state index contributed by atoms with van der Waals surface area (Å²) in [5.41, 5.74) is 5.77. The van der Waals surface area contributed by atoms with Crippen LogP contribution < -0.4 is 11.1 Å². The van der Waals surface area contributed by atoms with Crippen LogP contribution in [0.3, 0.4) is 0 Å². The molecule has 1 amide bonds. The third-order valence-electron chi connectivity index (χ3n) is 3.00. The largest absolute Gasteiger partial charge is 0.394 e. The zero-order valence-corrected chi connectivity index (χ0v) is 11.3. The lowest BCUT2D eigenvalue weighted by Crippen LogP contribution is -2.37. The highest BCUT2D eigenvalue weighted by molar-refractivity contribution is 7.18. The second-order valence-electron chi connectivity index (χ2n) is 4.60. The number of carbonyl (C=O) groups is 1. The molecule has 6 nitrogen and oxygen atoms in total. The Balaban J connectivity index is 2.11. The fourth-order valence-electron chi connectivity index (χ4n) is 1.43. The lowest BCUT2D eigenvalue weighted by atomic mass is 10.3. The molecule has 7 heteroatoms. The normalized spacial score (nSPS) is 16.4. The molecule has 0 bridgehead atoms. The number of aromatic nitrogens is 1. The van der Waals surface area contributed by atoms with E-state index in [1.165, 1.54) is 16.2 Å². The van der Waals surface area contributed by atoms with E-state index >= 15 is 0 Å². The lowest BCUT2D eigenvalue weighted by Gasteiger charge is -2.22. The van der Waals surface area contributed by atoms with Gasteiger partial charge in [-0.05, 0) is 19.8 Å². The number of nitrogens with two attached hydrogens (primary N) is 1. The highest BCUT2D eigenvalue weighted by Gasteiger charge is 2.26. The Bertz CT molecular complexity index is 444. The van der Waals surface area contributed by atoms with Crippen LogP contribution in [0.25, 0.3) is 0 Å². The van der Waals surface area contributed by atoms with E-state index in [0.29, 0.717) is 16.1 Å². The SMILES string of the molecule is CC(CO)N(C)C(=O)c1sc(NC2CC2)nc1N. The number of anilines is 2. The van der Waals surface area contributed by atoms with Crippen LogP contribution in [-0.4, -0.2) is 46.6 Å². The Labute approximate surface area is 110 Å². The summed E-state index contributed by atoms with van der Waals surface area (Å²) < 4.78 is 0. The average molecular weight is 270 g/mol. The van der Waals surface area contributed by atoms with E-state index < -0.39 is 0 Å². The van der Waals surface area contributed by atoms with Gasteiger partial charge in [-0.25, -0.2) is 4.98 Å². The zero-order valence-electron chi connectivity index (χ0n) is 10.5. The molecule has 1 fully saturated rings. The van der Waals surface area contributed by atoms with E-state index in [-0.39, 0.29) is 24.4 Å². The van der Waals surface area contributed by atoms with E-state index in [2.05, 4.69) is 10.3 Å². The van der Waals surface area contributed by atoms with Crippen molar-refractivity contribution >= 4 is 28.2 Å². The molecule has 2 rings (SSSR count). The number of nitrogens with one attached hydrogen (secondary N) is 1. The number of aliphatic hydroxyl groups is 1. The van der Waals surface area contributed by atoms with Crippen LogP contribution >= 0.6 is 11.3 Å². The monoisotopic (exact) mass is 270 g/mol. The van der Waals surface area contributed by atoms with Gasteiger partial charge < -0.3 is 21.1 Å². The van der Waals surface area contributed by atoms with Gasteiger partial charge in [0, 0.05) is 13.1 Å². The first kappa shape index (κ1) is 13.1. The van der Waals surface area contributed by atoms with Gasteiger partial charge in [0.05, 0.1) is 12.6 Å². The van der Waals surface area contributed by atoms with Gasteiger partial charge in [0.2, 0.25) is 0 Å². The number of aliphatic hydroxyl groups excluding tert-OH is 1. The number of carbonyl (C=O) groups excluding carboxylic acids is 1. The van der Waals surface area contributed by atoms with Crippen molar-refractivity contribution in [1.29, 1.82) is 0 Å². The summed E-state index contributed by atoms with van der Waals surface area (Å²) in [6.45, 7) is 1.70. The predicted octanol–water partition coefficient (Wildman–Crippen LogP) is 0.752. The maximum Gasteiger partial charge on any atom is 0.267 e. The minimum absolute atomic E-state index is 0.0753. The van der Waals surface area contributed by atoms with Crippen molar-refractivity contribution in [3.8, 4) is 0 Å². The molecular formula is C11H18N4O2S. The third kappa shape index (κ3) is 2.73. The van der Waals surface area contributed by atoms with Gasteiger partial charge in [0.15, 0.2) is 5.13 Å². The first-order chi connectivity index (χ1) is 8.52. The lowest BCUT2D eigenvalue weighted by molar-refractivity contribution is 0.0688. The van der Waals surface area contributed by atoms with Crippen LogP contribution in [0.5, 0.6) is 0 Å². The highest BCUT2D eigenvalue weighted by Crippen LogP contribution is 2.31. The number of thiazole rings is 1. The second kappa shape index (κ2) is 5.11. The van der Waals surface area contributed by atoms with Crippen LogP contribution in [0, 0.1) is 0 Å². The molecule has 0 aromatic carbocycles. The molecule has 1 aliphatic rings. The molecule has 1 unspecified atom stereocenters. The summed E-state index contributed by atoms with van der Waals surface area (Å²) in [5.74, 6) is 0.0561. The van der Waals surface area contributed by atoms with Gasteiger partial charge in [-0.1, -0.05) is 11.3 Å². The first-order valence-corrected chi connectivity index (χ1v) is 6.75. The Morgan fingerprint density at radius 2 is 2.39 bits per heavy atom. The second-order valence-corrected chi connectivity index (χ2v) is 5.60. The summed E-state index contributed by atoms with van der Waals surface area (Å²) in [4.78, 5) is 18.2. The van der Waals surface area contributed by atoms with Gasteiger partial charge in [0.1, 0.15) is 10.7 Å². The van der Waals surface area contributed by atoms with E-state index in [0.717, 1.165) is 12.8 Å². The van der Waals surface area contributed by atoms with Crippen LogP contribution in [0.1, 0.15) is 29.4 Å². The van der Waals surface area contributed by atoms with Crippen molar-refractivity contribution in [1.82, 2.24) is 9.88 Å². The van der Waals surface area contributed by atoms with Gasteiger partial charge in [-0.2, -0.15) is 0 Å². The quantitative estimate of drug-likeness (QED) is 0.734. The first-order valence-electron chi connectivity index (χ1n) is 5.93. The number of likely N-dealkylation sites (N-methyl/N-ethyl adjacent to an activating group) is 1. The van der Waals surface area contributed by atoms with Gasteiger partial charge in [-0.15, -0.1) is 0 Å². The van der Waals surface area contributed by atoms with Crippen molar-refractivity contribution in [2.75, 3.05) is 24.7 Å². The van der Waals surface area contributed by atoms with Crippen molar-refractivity contribution in [2.24, 2.45) is 0 Å². The molecule has 0 saturated heterocycles. The van der Waals surface area contributed by atoms with Crippen LogP contribution in [0.2, 0.25) is 0 Å². The summed E-state index contributed by atoms with van der Waals surface area (Å²) in [6.07, 6.45) is 2.29. The van der Waals surface area contributed by atoms with E-state index in [1.807, 2.05) is 0 Å². The molecule has 0 radical (unpaired) electrons. The van der Waals surface area contributed by atoms with Crippen molar-refractivity contribution in [3.05, 3.63) is 4.88 Å². The highest BCUT2D eigenvalue weighted by atomic mass is 32.1. The standard InChI is InChI=1S/C11H18N4O2S/c1-6(5-16)15(2)10(17)8-9(12)14-11(18-8)13-7-3-4-7/h6-7,16H,3-5,12H2,1-2H3,(H,13,14). The van der Waals surface area contributed by atoms with Crippen LogP contribution in [0.15, 0.2) is 0 Å². The maximum atomic E-state index is 12.2. The molecule has 100 valence electrons. The molecule has 1 heterocycles. The summed E-state index contributed by atoms with van der Waals surface area (Å²) >= 11 is 1.27. The molecule has 1 atom stereocenters. The van der Waals surface area contributed by atoms with E-state index in [4.69, 9.17) is 10.8 Å². The van der Waals surface area contributed by atoms with Crippen molar-refractivity contribution < 1.29 is 9.90 Å². The van der Waals surface area contributed by atoms with Crippen LogP contribution in [-0.2, 0) is 0 Å². The number of nitrogens with zero attached hydrogens (tertiary/aromatic N) is 2. The molecule has 1 aliphatic carbocycles. The van der Waals surface area contributed by atoms with Crippen molar-refractivity contribution in [3.63, 3.8) is 0 Å².